The Morgan fingerprint density at radius 3 is 2.75 bits per heavy atom. The summed E-state index contributed by atoms with van der Waals surface area (Å²) in [7, 11) is 0. The molecule has 2 aromatic heterocycles. The highest BCUT2D eigenvalue weighted by Gasteiger charge is 2.15. The summed E-state index contributed by atoms with van der Waals surface area (Å²) in [5.74, 6) is -0.355. The van der Waals surface area contributed by atoms with Gasteiger partial charge in [0.2, 0.25) is 0 Å². The maximum atomic E-state index is 12.4. The fraction of sp³-hybridized carbons (Fsp3) is 0.125. The van der Waals surface area contributed by atoms with Crippen molar-refractivity contribution in [1.82, 2.24) is 20.0 Å². The van der Waals surface area contributed by atoms with Gasteiger partial charge in [0.15, 0.2) is 0 Å². The number of carbonyl (C=O) groups is 1. The van der Waals surface area contributed by atoms with Crippen LogP contribution in [0.3, 0.4) is 0 Å². The van der Waals surface area contributed by atoms with Crippen LogP contribution >= 0.6 is 23.2 Å². The molecule has 6 nitrogen and oxygen atoms in total. The van der Waals surface area contributed by atoms with Gasteiger partial charge >= 0.3 is 0 Å². The Kier molecular flexibility index (Phi) is 4.78. The van der Waals surface area contributed by atoms with Crippen LogP contribution in [0.1, 0.15) is 28.4 Å². The molecule has 0 spiro atoms. The van der Waals surface area contributed by atoms with Gasteiger partial charge in [-0.15, -0.1) is 16.7 Å². The molecule has 0 bridgehead atoms. The van der Waals surface area contributed by atoms with E-state index in [4.69, 9.17) is 23.2 Å². The van der Waals surface area contributed by atoms with Crippen molar-refractivity contribution >= 4 is 34.8 Å². The molecular weight excluding hydrogens is 349 g/mol. The molecule has 0 aliphatic rings. The second kappa shape index (κ2) is 6.98. The molecule has 3 rings (SSSR count). The number of pyridine rings is 1. The molecule has 1 atom stereocenters. The number of nitrogens with zero attached hydrogens (tertiary/aromatic N) is 4. The average molecular weight is 362 g/mol. The lowest BCUT2D eigenvalue weighted by molar-refractivity contribution is 0.102. The largest absolute Gasteiger partial charge is 0.320 e. The number of benzene rings is 1. The Bertz CT molecular complexity index is 878. The van der Waals surface area contributed by atoms with Crippen molar-refractivity contribution in [2.75, 3.05) is 5.32 Å². The third-order valence-electron chi connectivity index (χ3n) is 3.32. The molecule has 1 N–H and O–H groups in total. The van der Waals surface area contributed by atoms with Gasteiger partial charge in [-0.05, 0) is 31.2 Å². The van der Waals surface area contributed by atoms with Gasteiger partial charge in [-0.3, -0.25) is 4.79 Å². The fourth-order valence-corrected chi connectivity index (χ4v) is 2.41. The van der Waals surface area contributed by atoms with Crippen LogP contribution in [-0.2, 0) is 0 Å². The molecule has 8 heteroatoms. The van der Waals surface area contributed by atoms with Crippen molar-refractivity contribution < 1.29 is 4.79 Å². The fourth-order valence-electron chi connectivity index (χ4n) is 2.10. The van der Waals surface area contributed by atoms with Crippen molar-refractivity contribution in [3.63, 3.8) is 0 Å². The monoisotopic (exact) mass is 361 g/mol. The summed E-state index contributed by atoms with van der Waals surface area (Å²) in [6.45, 7) is 1.81. The highest BCUT2D eigenvalue weighted by atomic mass is 35.5. The van der Waals surface area contributed by atoms with Gasteiger partial charge in [0.25, 0.3) is 5.91 Å². The van der Waals surface area contributed by atoms with E-state index in [0.29, 0.717) is 22.6 Å². The number of anilines is 1. The molecule has 0 radical (unpaired) electrons. The van der Waals surface area contributed by atoms with E-state index in [2.05, 4.69) is 20.6 Å². The second-order valence-electron chi connectivity index (χ2n) is 5.02. The van der Waals surface area contributed by atoms with Crippen molar-refractivity contribution in [3.8, 4) is 5.69 Å². The van der Waals surface area contributed by atoms with E-state index >= 15 is 0 Å². The van der Waals surface area contributed by atoms with E-state index in [1.165, 1.54) is 6.20 Å². The van der Waals surface area contributed by atoms with Crippen LogP contribution in [0.5, 0.6) is 0 Å². The van der Waals surface area contributed by atoms with E-state index in [-0.39, 0.29) is 16.4 Å². The molecule has 3 aromatic rings. The predicted molar refractivity (Wildman–Crippen MR) is 92.8 cm³/mol. The zero-order valence-electron chi connectivity index (χ0n) is 12.6. The number of rotatable bonds is 4. The second-order valence-corrected chi connectivity index (χ2v) is 6.03. The van der Waals surface area contributed by atoms with Crippen LogP contribution in [0.25, 0.3) is 5.69 Å². The number of halogens is 2. The van der Waals surface area contributed by atoms with Crippen molar-refractivity contribution in [2.24, 2.45) is 0 Å². The normalized spacial score (nSPS) is 12.0. The zero-order valence-corrected chi connectivity index (χ0v) is 14.2. The van der Waals surface area contributed by atoms with Crippen LogP contribution in [-0.4, -0.2) is 25.9 Å². The van der Waals surface area contributed by atoms with E-state index in [1.807, 2.05) is 25.1 Å². The van der Waals surface area contributed by atoms with Gasteiger partial charge in [0.05, 0.1) is 28.5 Å². The topological polar surface area (TPSA) is 72.7 Å². The number of carbonyl (C=O) groups excluding carboxylic acids is 1. The number of hydrogen-bond acceptors (Lipinski definition) is 4. The molecule has 0 aliphatic heterocycles. The highest BCUT2D eigenvalue weighted by Crippen LogP contribution is 2.23. The third kappa shape index (κ3) is 3.39. The highest BCUT2D eigenvalue weighted by molar-refractivity contribution is 6.33. The summed E-state index contributed by atoms with van der Waals surface area (Å²) >= 11 is 12.0. The first-order valence-corrected chi connectivity index (χ1v) is 7.95. The van der Waals surface area contributed by atoms with Crippen LogP contribution < -0.4 is 5.32 Å². The van der Waals surface area contributed by atoms with Gasteiger partial charge < -0.3 is 5.32 Å². The molecule has 2 heterocycles. The number of hydrogen-bond donors (Lipinski definition) is 1. The Labute approximate surface area is 148 Å². The molecule has 0 saturated heterocycles. The SMILES string of the molecule is CC(Cl)c1cn(-c2ccccc2NC(=O)c2cccnc2Cl)nn1. The van der Waals surface area contributed by atoms with Crippen LogP contribution in [0.15, 0.2) is 48.8 Å². The van der Waals surface area contributed by atoms with E-state index in [0.717, 1.165) is 0 Å². The first-order valence-electron chi connectivity index (χ1n) is 7.14. The first kappa shape index (κ1) is 16.4. The third-order valence-corrected chi connectivity index (χ3v) is 3.85. The van der Waals surface area contributed by atoms with E-state index in [1.54, 1.807) is 29.1 Å². The molecule has 1 unspecified atom stereocenters. The van der Waals surface area contributed by atoms with Crippen LogP contribution in [0, 0.1) is 0 Å². The Morgan fingerprint density at radius 1 is 1.25 bits per heavy atom. The lowest BCUT2D eigenvalue weighted by atomic mass is 10.2. The van der Waals surface area contributed by atoms with Gasteiger partial charge in [0.1, 0.15) is 10.8 Å². The smallest absolute Gasteiger partial charge is 0.258 e. The molecule has 1 aromatic carbocycles. The van der Waals surface area contributed by atoms with E-state index < -0.39 is 0 Å². The van der Waals surface area contributed by atoms with Gasteiger partial charge in [-0.1, -0.05) is 28.9 Å². The Hall–Kier alpha value is -2.44. The number of alkyl halides is 1. The quantitative estimate of drug-likeness (QED) is 0.565. The summed E-state index contributed by atoms with van der Waals surface area (Å²) in [4.78, 5) is 16.3. The zero-order chi connectivity index (χ0) is 17.1. The lowest BCUT2D eigenvalue weighted by Gasteiger charge is -2.11. The Morgan fingerprint density at radius 2 is 2.04 bits per heavy atom. The summed E-state index contributed by atoms with van der Waals surface area (Å²) < 4.78 is 1.56. The van der Waals surface area contributed by atoms with Crippen molar-refractivity contribution in [3.05, 3.63) is 65.2 Å². The predicted octanol–water partition coefficient (Wildman–Crippen LogP) is 3.87. The minimum atomic E-state index is -0.355. The molecule has 0 aliphatic carbocycles. The van der Waals surface area contributed by atoms with Gasteiger partial charge in [-0.25, -0.2) is 9.67 Å². The molecule has 1 amide bonds. The lowest BCUT2D eigenvalue weighted by Crippen LogP contribution is -2.14. The summed E-state index contributed by atoms with van der Waals surface area (Å²) in [5.41, 5.74) is 2.18. The van der Waals surface area contributed by atoms with Crippen LogP contribution in [0.4, 0.5) is 5.69 Å². The maximum absolute atomic E-state index is 12.4. The van der Waals surface area contributed by atoms with Crippen molar-refractivity contribution in [1.29, 1.82) is 0 Å². The summed E-state index contributed by atoms with van der Waals surface area (Å²) in [5, 5.41) is 10.8. The number of nitrogens with one attached hydrogen (secondary N) is 1. The number of para-hydroxylation sites is 2. The van der Waals surface area contributed by atoms with Gasteiger partial charge in [0, 0.05) is 6.20 Å². The number of aromatic nitrogens is 4. The molecule has 0 fully saturated rings. The number of amides is 1. The first-order chi connectivity index (χ1) is 11.6. The van der Waals surface area contributed by atoms with Crippen molar-refractivity contribution in [2.45, 2.75) is 12.3 Å². The Balaban J connectivity index is 1.92. The minimum absolute atomic E-state index is 0.145. The standard InChI is InChI=1S/C16H13Cl2N5O/c1-10(17)13-9-23(22-21-13)14-7-3-2-6-12(14)20-16(24)11-5-4-8-19-15(11)18/h2-10H,1H3,(H,20,24). The maximum Gasteiger partial charge on any atom is 0.258 e. The average Bonchev–Trinajstić information content (AvgIpc) is 3.06. The molecular formula is C16H13Cl2N5O. The van der Waals surface area contributed by atoms with Crippen LogP contribution in [0.2, 0.25) is 5.15 Å². The molecule has 24 heavy (non-hydrogen) atoms. The molecule has 122 valence electrons. The summed E-state index contributed by atoms with van der Waals surface area (Å²) in [6.07, 6.45) is 3.25. The molecule has 0 saturated carbocycles. The van der Waals surface area contributed by atoms with E-state index in [9.17, 15) is 4.79 Å². The van der Waals surface area contributed by atoms with Gasteiger partial charge in [-0.2, -0.15) is 0 Å². The minimum Gasteiger partial charge on any atom is -0.320 e. The summed E-state index contributed by atoms with van der Waals surface area (Å²) in [6, 6.07) is 10.5.